The van der Waals surface area contributed by atoms with E-state index in [-0.39, 0.29) is 5.56 Å². The Hall–Kier alpha value is -3.46. The third-order valence-electron chi connectivity index (χ3n) is 4.03. The van der Waals surface area contributed by atoms with E-state index in [4.69, 9.17) is 9.47 Å². The number of thiazole rings is 1. The monoisotopic (exact) mass is 401 g/mol. The summed E-state index contributed by atoms with van der Waals surface area (Å²) >= 11 is 1.39. The highest BCUT2D eigenvalue weighted by Crippen LogP contribution is 2.36. The molecule has 3 aromatic rings. The maximum atomic E-state index is 9.99. The highest BCUT2D eigenvalue weighted by Gasteiger charge is 2.14. The van der Waals surface area contributed by atoms with Crippen LogP contribution in [0, 0.1) is 0 Å². The van der Waals surface area contributed by atoms with Crippen molar-refractivity contribution in [3.8, 4) is 40.0 Å². The van der Waals surface area contributed by atoms with E-state index in [0.717, 1.165) is 11.3 Å². The van der Waals surface area contributed by atoms with E-state index < -0.39 is 17.2 Å². The summed E-state index contributed by atoms with van der Waals surface area (Å²) in [6.07, 6.45) is 1.37. The lowest BCUT2D eigenvalue weighted by Gasteiger charge is -2.11. The molecule has 0 unspecified atom stereocenters. The van der Waals surface area contributed by atoms with Crippen LogP contribution in [0.4, 0.5) is 0 Å². The van der Waals surface area contributed by atoms with Crippen LogP contribution in [0.5, 0.6) is 28.7 Å². The summed E-state index contributed by atoms with van der Waals surface area (Å²) in [5, 5.41) is 35.4. The van der Waals surface area contributed by atoms with Gasteiger partial charge in [0.15, 0.2) is 11.5 Å². The largest absolute Gasteiger partial charge is 0.504 e. The molecule has 2 aromatic carbocycles. The summed E-state index contributed by atoms with van der Waals surface area (Å²) < 4.78 is 12.3. The molecule has 0 saturated carbocycles. The molecule has 0 spiro atoms. The van der Waals surface area contributed by atoms with Crippen molar-refractivity contribution in [2.75, 3.05) is 21.3 Å². The summed E-state index contributed by atoms with van der Waals surface area (Å²) in [7, 11) is 4.80. The van der Waals surface area contributed by atoms with Gasteiger partial charge in [-0.15, -0.1) is 11.3 Å². The van der Waals surface area contributed by atoms with Gasteiger partial charge in [0.05, 0.1) is 26.1 Å². The molecule has 0 bridgehead atoms. The zero-order chi connectivity index (χ0) is 20.3. The molecule has 0 saturated heterocycles. The Balaban J connectivity index is 2.12. The van der Waals surface area contributed by atoms with Crippen LogP contribution in [0.2, 0.25) is 0 Å². The van der Waals surface area contributed by atoms with Gasteiger partial charge in [-0.05, 0) is 24.3 Å². The molecule has 0 fully saturated rings. The van der Waals surface area contributed by atoms with Crippen molar-refractivity contribution >= 4 is 17.6 Å². The Morgan fingerprint density at radius 3 is 2.50 bits per heavy atom. The molecular formula is C19H19N3O5S. The third kappa shape index (κ3) is 3.52. The Kier molecular flexibility index (Phi) is 5.55. The van der Waals surface area contributed by atoms with E-state index in [9.17, 15) is 15.3 Å². The molecule has 8 nitrogen and oxygen atoms in total. The third-order valence-corrected chi connectivity index (χ3v) is 4.94. The van der Waals surface area contributed by atoms with Crippen LogP contribution in [0.1, 0.15) is 5.56 Å². The summed E-state index contributed by atoms with van der Waals surface area (Å²) in [6.45, 7) is 0. The van der Waals surface area contributed by atoms with Crippen molar-refractivity contribution in [3.05, 3.63) is 46.1 Å². The minimum Gasteiger partial charge on any atom is -0.504 e. The van der Waals surface area contributed by atoms with E-state index in [2.05, 4.69) is 10.1 Å². The van der Waals surface area contributed by atoms with E-state index in [1.807, 2.05) is 17.5 Å². The minimum absolute atomic E-state index is 0.240. The second-order valence-corrected chi connectivity index (χ2v) is 6.46. The fourth-order valence-electron chi connectivity index (χ4n) is 2.57. The van der Waals surface area contributed by atoms with Crippen molar-refractivity contribution in [1.29, 1.82) is 0 Å². The Morgan fingerprint density at radius 1 is 1.04 bits per heavy atom. The smallest absolute Gasteiger partial charge is 0.205 e. The topological polar surface area (TPSA) is 109 Å². The molecule has 0 aliphatic heterocycles. The molecule has 0 aliphatic rings. The van der Waals surface area contributed by atoms with E-state index >= 15 is 0 Å². The summed E-state index contributed by atoms with van der Waals surface area (Å²) in [4.78, 5) is 4.84. The first-order valence-electron chi connectivity index (χ1n) is 8.14. The van der Waals surface area contributed by atoms with Crippen molar-refractivity contribution in [3.63, 3.8) is 0 Å². The number of hydrogen-bond acceptors (Lipinski definition) is 8. The molecule has 3 N–H and O–H groups in total. The Bertz CT molecular complexity index is 1100. The molecule has 0 radical (unpaired) electrons. The summed E-state index contributed by atoms with van der Waals surface area (Å²) in [5.74, 6) is -0.203. The lowest BCUT2D eigenvalue weighted by molar-refractivity contribution is 0.367. The average Bonchev–Trinajstić information content (AvgIpc) is 3.13. The second kappa shape index (κ2) is 8.05. The maximum Gasteiger partial charge on any atom is 0.205 e. The van der Waals surface area contributed by atoms with Crippen LogP contribution < -0.4 is 14.3 Å². The first kappa shape index (κ1) is 19.3. The quantitative estimate of drug-likeness (QED) is 0.450. The van der Waals surface area contributed by atoms with Crippen LogP contribution in [0.25, 0.3) is 11.3 Å². The molecular weight excluding hydrogens is 382 g/mol. The van der Waals surface area contributed by atoms with Crippen molar-refractivity contribution < 1.29 is 24.8 Å². The van der Waals surface area contributed by atoms with Crippen LogP contribution in [0.15, 0.2) is 45.8 Å². The fraction of sp³-hybridized carbons (Fsp3) is 0.158. The molecule has 0 aliphatic carbocycles. The zero-order valence-corrected chi connectivity index (χ0v) is 16.3. The lowest BCUT2D eigenvalue weighted by atomic mass is 10.1. The molecule has 9 heteroatoms. The minimum atomic E-state index is -0.600. The van der Waals surface area contributed by atoms with Crippen LogP contribution in [0.3, 0.4) is 0 Å². The Labute approximate surface area is 164 Å². The van der Waals surface area contributed by atoms with E-state index in [1.165, 1.54) is 29.7 Å². The molecule has 1 aromatic heterocycles. The summed E-state index contributed by atoms with van der Waals surface area (Å²) in [5.41, 5.74) is 1.75. The van der Waals surface area contributed by atoms with Gasteiger partial charge in [-0.3, -0.25) is 4.99 Å². The molecule has 0 atom stereocenters. The lowest BCUT2D eigenvalue weighted by Crippen LogP contribution is -2.11. The number of benzene rings is 2. The zero-order valence-electron chi connectivity index (χ0n) is 15.4. The van der Waals surface area contributed by atoms with Crippen molar-refractivity contribution in [2.24, 2.45) is 10.1 Å². The number of rotatable bonds is 5. The van der Waals surface area contributed by atoms with Gasteiger partial charge in [0.2, 0.25) is 10.6 Å². The van der Waals surface area contributed by atoms with Crippen LogP contribution in [-0.4, -0.2) is 47.5 Å². The van der Waals surface area contributed by atoms with Gasteiger partial charge >= 0.3 is 0 Å². The van der Waals surface area contributed by atoms with Gasteiger partial charge < -0.3 is 24.8 Å². The van der Waals surface area contributed by atoms with Gasteiger partial charge in [0.25, 0.3) is 0 Å². The predicted octanol–water partition coefficient (Wildman–Crippen LogP) is 2.76. The molecule has 0 amide bonds. The number of ether oxygens (including phenoxy) is 2. The first-order chi connectivity index (χ1) is 13.5. The number of hydrogen-bond donors (Lipinski definition) is 3. The van der Waals surface area contributed by atoms with Crippen molar-refractivity contribution in [1.82, 2.24) is 4.68 Å². The number of nitrogens with zero attached hydrogens (tertiary/aromatic N) is 3. The van der Waals surface area contributed by atoms with Crippen LogP contribution in [-0.2, 0) is 0 Å². The fourth-order valence-corrected chi connectivity index (χ4v) is 3.36. The normalized spacial score (nSPS) is 11.9. The van der Waals surface area contributed by atoms with E-state index in [0.29, 0.717) is 16.3 Å². The van der Waals surface area contributed by atoms with Gasteiger partial charge in [-0.1, -0.05) is 0 Å². The van der Waals surface area contributed by atoms with Gasteiger partial charge in [-0.25, -0.2) is 4.68 Å². The molecule has 3 rings (SSSR count). The number of methoxy groups -OCH3 is 2. The Morgan fingerprint density at radius 2 is 1.82 bits per heavy atom. The first-order valence-corrected chi connectivity index (χ1v) is 9.02. The highest BCUT2D eigenvalue weighted by atomic mass is 32.1. The van der Waals surface area contributed by atoms with Gasteiger partial charge in [0, 0.05) is 29.6 Å². The number of phenols is 3. The highest BCUT2D eigenvalue weighted by molar-refractivity contribution is 7.07. The predicted molar refractivity (Wildman–Crippen MR) is 107 cm³/mol. The number of aromatic hydroxyl groups is 3. The maximum absolute atomic E-state index is 9.99. The number of aromatic nitrogens is 1. The molecule has 1 heterocycles. The second-order valence-electron chi connectivity index (χ2n) is 5.62. The summed E-state index contributed by atoms with van der Waals surface area (Å²) in [6, 6.07) is 8.16. The molecule has 146 valence electrons. The standard InChI is InChI=1S/C19H19N3O5S/c1-20-19-22(21-9-11-4-7-15(23)18(25)17(11)24)14(10-28-19)13-6-5-12(26-2)8-16(13)27-3/h4-10,23-25H,1-3H3. The van der Waals surface area contributed by atoms with Gasteiger partial charge in [-0.2, -0.15) is 5.10 Å². The SMILES string of the molecule is CN=c1scc(-c2ccc(OC)cc2OC)n1N=Cc1ccc(O)c(O)c1O. The van der Waals surface area contributed by atoms with Gasteiger partial charge in [0.1, 0.15) is 11.5 Å². The molecule has 28 heavy (non-hydrogen) atoms. The van der Waals surface area contributed by atoms with Crippen LogP contribution >= 0.6 is 11.3 Å². The average molecular weight is 401 g/mol. The van der Waals surface area contributed by atoms with Crippen molar-refractivity contribution in [2.45, 2.75) is 0 Å². The van der Waals surface area contributed by atoms with E-state index in [1.54, 1.807) is 32.0 Å². The number of phenolic OH excluding ortho intramolecular Hbond substituents is 3.